The molecular weight excluding hydrogens is 464 g/mol. The number of benzene rings is 2. The molecule has 1 aliphatic carbocycles. The van der Waals surface area contributed by atoms with E-state index in [2.05, 4.69) is 59.8 Å². The molecular formula is C36H46O2. The average molecular weight is 511 g/mol. The Hall–Kier alpha value is -3.00. The second-order valence-electron chi connectivity index (χ2n) is 11.7. The minimum atomic E-state index is -0.0238. The predicted octanol–water partition coefficient (Wildman–Crippen LogP) is 9.79. The highest BCUT2D eigenvalue weighted by molar-refractivity contribution is 6.28. The van der Waals surface area contributed by atoms with Gasteiger partial charge in [-0.3, -0.25) is 9.59 Å². The molecule has 202 valence electrons. The van der Waals surface area contributed by atoms with Crippen LogP contribution in [-0.2, 0) is 12.8 Å². The van der Waals surface area contributed by atoms with Gasteiger partial charge >= 0.3 is 0 Å². The molecule has 0 saturated carbocycles. The molecule has 0 amide bonds. The van der Waals surface area contributed by atoms with Crippen LogP contribution in [0.1, 0.15) is 129 Å². The quantitative estimate of drug-likeness (QED) is 0.214. The van der Waals surface area contributed by atoms with Crippen LogP contribution in [0.25, 0.3) is 0 Å². The van der Waals surface area contributed by atoms with E-state index in [0.29, 0.717) is 28.2 Å². The van der Waals surface area contributed by atoms with E-state index in [9.17, 15) is 9.59 Å². The van der Waals surface area contributed by atoms with Gasteiger partial charge in [-0.15, -0.1) is 0 Å². The first-order valence-corrected chi connectivity index (χ1v) is 14.4. The molecule has 0 aromatic heterocycles. The zero-order valence-electron chi connectivity index (χ0n) is 24.5. The highest BCUT2D eigenvalue weighted by atomic mass is 16.1. The number of hydrogen-bond acceptors (Lipinski definition) is 2. The van der Waals surface area contributed by atoms with Gasteiger partial charge in [0.2, 0.25) is 0 Å². The Labute approximate surface area is 230 Å². The summed E-state index contributed by atoms with van der Waals surface area (Å²) in [4.78, 5) is 26.7. The van der Waals surface area contributed by atoms with Gasteiger partial charge in [-0.2, -0.15) is 0 Å². The topological polar surface area (TPSA) is 34.1 Å². The van der Waals surface area contributed by atoms with Gasteiger partial charge in [0.05, 0.1) is 0 Å². The lowest BCUT2D eigenvalue weighted by molar-refractivity contribution is 0.0979. The largest absolute Gasteiger partial charge is 0.289 e. The van der Waals surface area contributed by atoms with Crippen molar-refractivity contribution in [3.63, 3.8) is 0 Å². The molecule has 0 radical (unpaired) electrons. The highest BCUT2D eigenvalue weighted by Gasteiger charge is 2.29. The Morgan fingerprint density at radius 3 is 1.79 bits per heavy atom. The molecule has 2 aromatic rings. The molecule has 2 aromatic carbocycles. The van der Waals surface area contributed by atoms with Crippen LogP contribution in [0.2, 0.25) is 0 Å². The molecule has 3 rings (SSSR count). The number of hydrogen-bond donors (Lipinski definition) is 0. The monoisotopic (exact) mass is 510 g/mol. The van der Waals surface area contributed by atoms with Gasteiger partial charge in [0.15, 0.2) is 11.6 Å². The van der Waals surface area contributed by atoms with Crippen molar-refractivity contribution in [1.29, 1.82) is 0 Å². The number of carbonyl (C=O) groups excluding carboxylic acids is 2. The fourth-order valence-electron chi connectivity index (χ4n) is 5.19. The van der Waals surface area contributed by atoms with Gasteiger partial charge in [-0.05, 0) is 115 Å². The summed E-state index contributed by atoms with van der Waals surface area (Å²) in [5.41, 5.74) is 8.62. The van der Waals surface area contributed by atoms with Crippen LogP contribution in [0, 0.1) is 5.92 Å². The second-order valence-corrected chi connectivity index (χ2v) is 11.7. The van der Waals surface area contributed by atoms with Crippen LogP contribution in [0.4, 0.5) is 0 Å². The van der Waals surface area contributed by atoms with Gasteiger partial charge in [0, 0.05) is 22.3 Å². The standard InChI is InChI=1S/C36H46O2/c1-25(2)11-7-13-27(5)15-9-17-29-19-21-31-33(23-29)35(37)32-22-20-30(24-34(32)36(31)38)18-10-16-28(6)14-8-12-26(3)4/h11-12,15,19-24,28H,7-10,13-14,16-18H2,1-6H3. The van der Waals surface area contributed by atoms with Gasteiger partial charge < -0.3 is 0 Å². The SMILES string of the molecule is CC(C)=CCCC(C)=CCCc1ccc2c(c1)C(=O)c1ccc(CCCC(C)CCC=C(C)C)cc1C2=O. The fourth-order valence-corrected chi connectivity index (χ4v) is 5.19. The predicted molar refractivity (Wildman–Crippen MR) is 161 cm³/mol. The Morgan fingerprint density at radius 1 is 0.658 bits per heavy atom. The molecule has 0 aliphatic heterocycles. The third-order valence-electron chi connectivity index (χ3n) is 7.54. The van der Waals surface area contributed by atoms with Crippen molar-refractivity contribution >= 4 is 11.6 Å². The van der Waals surface area contributed by atoms with Crippen LogP contribution in [0.3, 0.4) is 0 Å². The molecule has 2 nitrogen and oxygen atoms in total. The molecule has 0 spiro atoms. The molecule has 0 fully saturated rings. The van der Waals surface area contributed by atoms with Crippen LogP contribution in [0.5, 0.6) is 0 Å². The zero-order valence-corrected chi connectivity index (χ0v) is 24.5. The summed E-state index contributed by atoms with van der Waals surface area (Å²) in [6.45, 7) is 13.1. The van der Waals surface area contributed by atoms with E-state index in [1.807, 2.05) is 36.4 Å². The molecule has 1 aliphatic rings. The third kappa shape index (κ3) is 8.51. The molecule has 0 N–H and O–H groups in total. The summed E-state index contributed by atoms with van der Waals surface area (Å²) < 4.78 is 0. The van der Waals surface area contributed by atoms with E-state index >= 15 is 0 Å². The van der Waals surface area contributed by atoms with Crippen molar-refractivity contribution in [2.45, 2.75) is 99.3 Å². The number of aryl methyl sites for hydroxylation is 2. The summed E-state index contributed by atoms with van der Waals surface area (Å²) in [5.74, 6) is 0.645. The lowest BCUT2D eigenvalue weighted by Crippen LogP contribution is -2.21. The number of allylic oxidation sites excluding steroid dienone is 6. The van der Waals surface area contributed by atoms with Crippen molar-refractivity contribution < 1.29 is 9.59 Å². The minimum Gasteiger partial charge on any atom is -0.289 e. The van der Waals surface area contributed by atoms with Gasteiger partial charge in [-0.1, -0.05) is 72.6 Å². The van der Waals surface area contributed by atoms with E-state index in [0.717, 1.165) is 56.1 Å². The highest BCUT2D eigenvalue weighted by Crippen LogP contribution is 2.30. The van der Waals surface area contributed by atoms with Gasteiger partial charge in [0.1, 0.15) is 0 Å². The molecule has 1 atom stereocenters. The van der Waals surface area contributed by atoms with E-state index in [1.165, 1.54) is 29.6 Å². The Kier molecular flexibility index (Phi) is 11.1. The molecule has 1 unspecified atom stereocenters. The summed E-state index contributed by atoms with van der Waals surface area (Å²) in [6.07, 6.45) is 16.4. The fraction of sp³-hybridized carbons (Fsp3) is 0.444. The van der Waals surface area contributed by atoms with Crippen molar-refractivity contribution in [1.82, 2.24) is 0 Å². The van der Waals surface area contributed by atoms with Crippen molar-refractivity contribution in [2.24, 2.45) is 5.92 Å². The normalized spacial score (nSPS) is 13.6. The first kappa shape index (κ1) is 29.6. The first-order valence-electron chi connectivity index (χ1n) is 14.4. The van der Waals surface area contributed by atoms with E-state index < -0.39 is 0 Å². The van der Waals surface area contributed by atoms with E-state index in [1.54, 1.807) is 0 Å². The summed E-state index contributed by atoms with van der Waals surface area (Å²) in [6, 6.07) is 11.7. The van der Waals surface area contributed by atoms with Crippen LogP contribution < -0.4 is 0 Å². The second kappa shape index (κ2) is 14.2. The molecule has 0 saturated heterocycles. The van der Waals surface area contributed by atoms with E-state index in [-0.39, 0.29) is 11.6 Å². The third-order valence-corrected chi connectivity index (χ3v) is 7.54. The maximum atomic E-state index is 13.4. The maximum absolute atomic E-state index is 13.4. The lowest BCUT2D eigenvalue weighted by Gasteiger charge is -2.19. The Bertz CT molecular complexity index is 1230. The van der Waals surface area contributed by atoms with Crippen molar-refractivity contribution in [2.75, 3.05) is 0 Å². The summed E-state index contributed by atoms with van der Waals surface area (Å²) in [5, 5.41) is 0. The van der Waals surface area contributed by atoms with Crippen LogP contribution in [0.15, 0.2) is 71.3 Å². The van der Waals surface area contributed by atoms with Crippen molar-refractivity contribution in [3.05, 3.63) is 105 Å². The van der Waals surface area contributed by atoms with Gasteiger partial charge in [-0.25, -0.2) is 0 Å². The van der Waals surface area contributed by atoms with Gasteiger partial charge in [0.25, 0.3) is 0 Å². The van der Waals surface area contributed by atoms with Crippen molar-refractivity contribution in [3.8, 4) is 0 Å². The first-order chi connectivity index (χ1) is 18.2. The van der Waals surface area contributed by atoms with E-state index in [4.69, 9.17) is 0 Å². The Balaban J connectivity index is 1.61. The molecule has 2 heteroatoms. The smallest absolute Gasteiger partial charge is 0.194 e. The summed E-state index contributed by atoms with van der Waals surface area (Å²) in [7, 11) is 0. The zero-order chi connectivity index (χ0) is 27.7. The number of carbonyl (C=O) groups is 2. The number of fused-ring (bicyclic) bond motifs is 2. The molecule has 0 heterocycles. The minimum absolute atomic E-state index is 0.0203. The molecule has 38 heavy (non-hydrogen) atoms. The number of rotatable bonds is 13. The summed E-state index contributed by atoms with van der Waals surface area (Å²) >= 11 is 0. The Morgan fingerprint density at radius 2 is 1.21 bits per heavy atom. The van der Waals surface area contributed by atoms with Crippen LogP contribution >= 0.6 is 0 Å². The average Bonchev–Trinajstić information content (AvgIpc) is 2.86. The maximum Gasteiger partial charge on any atom is 0.194 e. The van der Waals surface area contributed by atoms with Crippen LogP contribution in [-0.4, -0.2) is 11.6 Å². The number of ketones is 2. The lowest BCUT2D eigenvalue weighted by atomic mass is 9.82. The molecule has 0 bridgehead atoms.